The Morgan fingerprint density at radius 1 is 1.33 bits per heavy atom. The summed E-state index contributed by atoms with van der Waals surface area (Å²) in [5, 5.41) is 19.3. The quantitative estimate of drug-likeness (QED) is 0.743. The molecule has 0 bridgehead atoms. The molecule has 0 amide bonds. The molecule has 0 fully saturated rings. The average molecular weight is 230 g/mol. The molecule has 0 aliphatic heterocycles. The van der Waals surface area contributed by atoms with Crippen molar-refractivity contribution in [3.63, 3.8) is 0 Å². The van der Waals surface area contributed by atoms with Crippen molar-refractivity contribution >= 4 is 11.6 Å². The van der Waals surface area contributed by atoms with Gasteiger partial charge in [0.25, 0.3) is 0 Å². The van der Waals surface area contributed by atoms with Gasteiger partial charge in [0.15, 0.2) is 0 Å². The lowest BCUT2D eigenvalue weighted by atomic mass is 9.94. The highest BCUT2D eigenvalue weighted by molar-refractivity contribution is 6.32. The molecule has 0 aliphatic carbocycles. The van der Waals surface area contributed by atoms with Crippen molar-refractivity contribution in [2.45, 2.75) is 26.0 Å². The van der Waals surface area contributed by atoms with Crippen LogP contribution >= 0.6 is 11.6 Å². The summed E-state index contributed by atoms with van der Waals surface area (Å²) in [5.41, 5.74) is 6.59. The van der Waals surface area contributed by atoms with Gasteiger partial charge in [-0.05, 0) is 23.6 Å². The summed E-state index contributed by atoms with van der Waals surface area (Å²) in [6.07, 6.45) is -0.620. The molecule has 4 heteroatoms. The van der Waals surface area contributed by atoms with Gasteiger partial charge in [-0.15, -0.1) is 0 Å². The van der Waals surface area contributed by atoms with Crippen LogP contribution < -0.4 is 5.73 Å². The molecule has 2 atom stereocenters. The van der Waals surface area contributed by atoms with E-state index < -0.39 is 12.1 Å². The van der Waals surface area contributed by atoms with E-state index in [-0.39, 0.29) is 16.7 Å². The van der Waals surface area contributed by atoms with Crippen LogP contribution in [0.2, 0.25) is 5.02 Å². The Morgan fingerprint density at radius 3 is 2.40 bits per heavy atom. The predicted octanol–water partition coefficient (Wildman–Crippen LogP) is 2.06. The van der Waals surface area contributed by atoms with Crippen LogP contribution in [-0.4, -0.2) is 16.3 Å². The number of hydrogen-bond acceptors (Lipinski definition) is 3. The minimum atomic E-state index is -0.620. The van der Waals surface area contributed by atoms with E-state index in [2.05, 4.69) is 0 Å². The highest BCUT2D eigenvalue weighted by atomic mass is 35.5. The van der Waals surface area contributed by atoms with Gasteiger partial charge in [-0.2, -0.15) is 0 Å². The Labute approximate surface area is 94.5 Å². The molecular weight excluding hydrogens is 214 g/mol. The second kappa shape index (κ2) is 4.84. The molecule has 0 spiro atoms. The minimum Gasteiger partial charge on any atom is -0.506 e. The number of aliphatic hydroxyl groups is 1. The maximum atomic E-state index is 9.78. The summed E-state index contributed by atoms with van der Waals surface area (Å²) in [6, 6.07) is 4.23. The van der Waals surface area contributed by atoms with Crippen LogP contribution in [0.25, 0.3) is 0 Å². The number of rotatable bonds is 3. The van der Waals surface area contributed by atoms with Gasteiger partial charge in [0.1, 0.15) is 5.75 Å². The van der Waals surface area contributed by atoms with Crippen molar-refractivity contribution in [3.05, 3.63) is 28.8 Å². The van der Waals surface area contributed by atoms with Gasteiger partial charge in [-0.3, -0.25) is 0 Å². The molecule has 0 unspecified atom stereocenters. The van der Waals surface area contributed by atoms with Crippen molar-refractivity contribution in [1.82, 2.24) is 0 Å². The molecule has 1 rings (SSSR count). The van der Waals surface area contributed by atoms with Gasteiger partial charge in [-0.1, -0.05) is 31.5 Å². The van der Waals surface area contributed by atoms with Gasteiger partial charge >= 0.3 is 0 Å². The summed E-state index contributed by atoms with van der Waals surface area (Å²) in [4.78, 5) is 0. The van der Waals surface area contributed by atoms with E-state index >= 15 is 0 Å². The smallest absolute Gasteiger partial charge is 0.134 e. The lowest BCUT2D eigenvalue weighted by Crippen LogP contribution is -2.30. The largest absolute Gasteiger partial charge is 0.506 e. The number of hydrogen-bond donors (Lipinski definition) is 3. The third kappa shape index (κ3) is 2.84. The van der Waals surface area contributed by atoms with Crippen LogP contribution in [0.3, 0.4) is 0 Å². The van der Waals surface area contributed by atoms with Gasteiger partial charge in [0.05, 0.1) is 17.2 Å². The second-order valence-corrected chi connectivity index (χ2v) is 4.38. The number of phenolic OH excluding ortho intramolecular Hbond substituents is 1. The fourth-order valence-electron chi connectivity index (χ4n) is 1.34. The van der Waals surface area contributed by atoms with Crippen LogP contribution in [0.4, 0.5) is 0 Å². The maximum Gasteiger partial charge on any atom is 0.134 e. The minimum absolute atomic E-state index is 0.0200. The Bertz CT molecular complexity index is 341. The Balaban J connectivity index is 2.91. The van der Waals surface area contributed by atoms with E-state index in [0.29, 0.717) is 0 Å². The van der Waals surface area contributed by atoms with E-state index in [4.69, 9.17) is 17.3 Å². The van der Waals surface area contributed by atoms with Gasteiger partial charge in [0, 0.05) is 0 Å². The highest BCUT2D eigenvalue weighted by Gasteiger charge is 2.20. The van der Waals surface area contributed by atoms with Crippen molar-refractivity contribution in [3.8, 4) is 5.75 Å². The van der Waals surface area contributed by atoms with Crippen LogP contribution in [0.5, 0.6) is 5.75 Å². The second-order valence-electron chi connectivity index (χ2n) is 3.97. The molecule has 0 aliphatic rings. The number of benzene rings is 1. The zero-order valence-corrected chi connectivity index (χ0v) is 9.57. The van der Waals surface area contributed by atoms with Crippen LogP contribution in [0.1, 0.15) is 25.5 Å². The predicted molar refractivity (Wildman–Crippen MR) is 60.9 cm³/mol. The van der Waals surface area contributed by atoms with Crippen molar-refractivity contribution in [1.29, 1.82) is 0 Å². The van der Waals surface area contributed by atoms with Gasteiger partial charge < -0.3 is 15.9 Å². The first-order valence-corrected chi connectivity index (χ1v) is 5.23. The van der Waals surface area contributed by atoms with Crippen LogP contribution in [0.15, 0.2) is 18.2 Å². The monoisotopic (exact) mass is 229 g/mol. The lowest BCUT2D eigenvalue weighted by molar-refractivity contribution is 0.0979. The van der Waals surface area contributed by atoms with Crippen molar-refractivity contribution in [2.75, 3.05) is 0 Å². The third-order valence-corrected chi connectivity index (χ3v) is 2.71. The maximum absolute atomic E-state index is 9.78. The summed E-state index contributed by atoms with van der Waals surface area (Å²) < 4.78 is 0. The van der Waals surface area contributed by atoms with Crippen molar-refractivity contribution in [2.24, 2.45) is 11.7 Å². The van der Waals surface area contributed by atoms with Crippen LogP contribution in [0, 0.1) is 5.92 Å². The third-order valence-electron chi connectivity index (χ3n) is 2.41. The van der Waals surface area contributed by atoms with E-state index in [1.807, 2.05) is 13.8 Å². The standard InChI is InChI=1S/C11H16ClNO2/c1-6(2)11(15)10(13)7-3-4-9(14)8(12)5-7/h3-6,10-11,14-15H,13H2,1-2H3/t10-,11+/m0/s1. The average Bonchev–Trinajstić information content (AvgIpc) is 2.19. The van der Waals surface area contributed by atoms with Crippen LogP contribution in [-0.2, 0) is 0 Å². The molecule has 15 heavy (non-hydrogen) atoms. The Kier molecular flexibility index (Phi) is 3.97. The highest BCUT2D eigenvalue weighted by Crippen LogP contribution is 2.28. The van der Waals surface area contributed by atoms with Crippen molar-refractivity contribution < 1.29 is 10.2 Å². The summed E-state index contributed by atoms with van der Waals surface area (Å²) in [6.45, 7) is 3.79. The zero-order chi connectivity index (χ0) is 11.6. The molecule has 4 N–H and O–H groups in total. The fraction of sp³-hybridized carbons (Fsp3) is 0.455. The topological polar surface area (TPSA) is 66.5 Å². The number of halogens is 1. The summed E-state index contributed by atoms with van der Waals surface area (Å²) in [5.74, 6) is 0.0965. The van der Waals surface area contributed by atoms with E-state index in [1.165, 1.54) is 6.07 Å². The first-order valence-electron chi connectivity index (χ1n) is 4.85. The fourth-order valence-corrected chi connectivity index (χ4v) is 1.53. The molecule has 84 valence electrons. The molecule has 0 saturated heterocycles. The number of aliphatic hydroxyl groups excluding tert-OH is 1. The first kappa shape index (κ1) is 12.3. The number of phenols is 1. The summed E-state index contributed by atoms with van der Waals surface area (Å²) in [7, 11) is 0. The summed E-state index contributed by atoms with van der Waals surface area (Å²) >= 11 is 5.75. The normalized spacial score (nSPS) is 15.3. The molecule has 1 aromatic rings. The number of aromatic hydroxyl groups is 1. The van der Waals surface area contributed by atoms with E-state index in [9.17, 15) is 10.2 Å². The number of nitrogens with two attached hydrogens (primary N) is 1. The molecule has 3 nitrogen and oxygen atoms in total. The molecule has 0 saturated carbocycles. The molecule has 0 heterocycles. The SMILES string of the molecule is CC(C)[C@@H](O)[C@@H](N)c1ccc(O)c(Cl)c1. The molecule has 0 aromatic heterocycles. The zero-order valence-electron chi connectivity index (χ0n) is 8.81. The molecule has 0 radical (unpaired) electrons. The lowest BCUT2D eigenvalue weighted by Gasteiger charge is -2.22. The Hall–Kier alpha value is -0.770. The van der Waals surface area contributed by atoms with Gasteiger partial charge in [0.2, 0.25) is 0 Å². The Morgan fingerprint density at radius 2 is 1.93 bits per heavy atom. The van der Waals surface area contributed by atoms with Gasteiger partial charge in [-0.25, -0.2) is 0 Å². The molecule has 1 aromatic carbocycles. The van der Waals surface area contributed by atoms with E-state index in [0.717, 1.165) is 5.56 Å². The first-order chi connectivity index (χ1) is 6.93. The van der Waals surface area contributed by atoms with E-state index in [1.54, 1.807) is 12.1 Å². The molecular formula is C11H16ClNO2.